The fourth-order valence-electron chi connectivity index (χ4n) is 2.21. The van der Waals surface area contributed by atoms with Crippen LogP contribution in [0.15, 0.2) is 41.4 Å². The minimum absolute atomic E-state index is 0.0107. The smallest absolute Gasteiger partial charge is 0.348 e. The number of carboxylic acid groups (broad SMARTS) is 1. The van der Waals surface area contributed by atoms with Crippen molar-refractivity contribution in [3.63, 3.8) is 0 Å². The molecule has 0 saturated carbocycles. The number of thiophene rings is 1. The van der Waals surface area contributed by atoms with Crippen LogP contribution in [-0.4, -0.2) is 42.4 Å². The summed E-state index contributed by atoms with van der Waals surface area (Å²) in [4.78, 5) is 40.3. The lowest BCUT2D eigenvalue weighted by atomic mass is 10.1. The Morgan fingerprint density at radius 3 is 2.22 bits per heavy atom. The molecule has 2 aromatic rings. The first kappa shape index (κ1) is 20.3. The van der Waals surface area contributed by atoms with Gasteiger partial charge in [0, 0.05) is 11.1 Å². The van der Waals surface area contributed by atoms with Crippen molar-refractivity contribution in [1.29, 1.82) is 0 Å². The van der Waals surface area contributed by atoms with Gasteiger partial charge in [0.15, 0.2) is 5.92 Å². The molecule has 142 valence electrons. The average molecular weight is 389 g/mol. The Balaban J connectivity index is 2.37. The van der Waals surface area contributed by atoms with Crippen molar-refractivity contribution in [2.45, 2.75) is 13.8 Å². The fraction of sp³-hybridized carbons (Fsp3) is 0.263. The molecule has 1 aromatic heterocycles. The van der Waals surface area contributed by atoms with E-state index in [1.54, 1.807) is 19.9 Å². The first-order valence-electron chi connectivity index (χ1n) is 8.27. The highest BCUT2D eigenvalue weighted by atomic mass is 32.1. The van der Waals surface area contributed by atoms with Gasteiger partial charge in [-0.15, -0.1) is 11.3 Å². The molecule has 0 unspecified atom stereocenters. The number of esters is 2. The molecule has 0 saturated heterocycles. The Morgan fingerprint density at radius 2 is 1.70 bits per heavy atom. The van der Waals surface area contributed by atoms with E-state index in [0.717, 1.165) is 23.1 Å². The third-order valence-electron chi connectivity index (χ3n) is 3.41. The van der Waals surface area contributed by atoms with Crippen LogP contribution in [0, 0.1) is 5.92 Å². The molecular weight excluding hydrogens is 370 g/mol. The average Bonchev–Trinajstić information content (AvgIpc) is 3.08. The molecule has 1 N–H and O–H groups in total. The number of carboxylic acids is 1. The van der Waals surface area contributed by atoms with Crippen LogP contribution in [0.3, 0.4) is 0 Å². The fourth-order valence-corrected chi connectivity index (χ4v) is 3.16. The normalized spacial score (nSPS) is 10.9. The van der Waals surface area contributed by atoms with Crippen molar-refractivity contribution in [2.24, 2.45) is 10.9 Å². The second-order valence-electron chi connectivity index (χ2n) is 5.26. The molecule has 0 fully saturated rings. The zero-order valence-electron chi connectivity index (χ0n) is 14.9. The molecule has 0 atom stereocenters. The number of ether oxygens (including phenoxy) is 2. The number of benzene rings is 1. The minimum atomic E-state index is -1.35. The molecule has 1 heterocycles. The number of carbonyl (C=O) groups is 3. The highest BCUT2D eigenvalue weighted by Crippen LogP contribution is 2.36. The molecule has 27 heavy (non-hydrogen) atoms. The third kappa shape index (κ3) is 5.24. The Labute approximate surface area is 160 Å². The molecule has 0 aliphatic rings. The Kier molecular flexibility index (Phi) is 7.25. The molecule has 0 bridgehead atoms. The molecule has 7 nitrogen and oxygen atoms in total. The lowest BCUT2D eigenvalue weighted by molar-refractivity contribution is -0.157. The van der Waals surface area contributed by atoms with E-state index in [4.69, 9.17) is 9.47 Å². The van der Waals surface area contributed by atoms with Gasteiger partial charge < -0.3 is 14.6 Å². The Hall–Kier alpha value is -3.00. The maximum Gasteiger partial charge on any atom is 0.348 e. The van der Waals surface area contributed by atoms with Gasteiger partial charge in [-0.1, -0.05) is 30.3 Å². The summed E-state index contributed by atoms with van der Waals surface area (Å²) < 4.78 is 9.73. The number of aromatic carboxylic acids is 1. The van der Waals surface area contributed by atoms with Crippen molar-refractivity contribution in [3.05, 3.63) is 41.3 Å². The van der Waals surface area contributed by atoms with Gasteiger partial charge in [0.2, 0.25) is 0 Å². The topological polar surface area (TPSA) is 102 Å². The van der Waals surface area contributed by atoms with Crippen molar-refractivity contribution in [2.75, 3.05) is 13.2 Å². The van der Waals surface area contributed by atoms with Gasteiger partial charge in [-0.05, 0) is 25.5 Å². The van der Waals surface area contributed by atoms with E-state index in [-0.39, 0.29) is 23.8 Å². The van der Waals surface area contributed by atoms with Gasteiger partial charge in [-0.3, -0.25) is 14.6 Å². The Morgan fingerprint density at radius 1 is 1.11 bits per heavy atom. The molecule has 0 aliphatic carbocycles. The maximum absolute atomic E-state index is 12.0. The van der Waals surface area contributed by atoms with Gasteiger partial charge in [-0.25, -0.2) is 4.79 Å². The summed E-state index contributed by atoms with van der Waals surface area (Å²) in [7, 11) is 0. The summed E-state index contributed by atoms with van der Waals surface area (Å²) in [6, 6.07) is 10.9. The summed E-state index contributed by atoms with van der Waals surface area (Å²) in [6.07, 6.45) is 1.07. The van der Waals surface area contributed by atoms with E-state index in [0.29, 0.717) is 4.88 Å². The predicted molar refractivity (Wildman–Crippen MR) is 102 cm³/mol. The van der Waals surface area contributed by atoms with Crippen LogP contribution in [0.25, 0.3) is 10.4 Å². The van der Waals surface area contributed by atoms with E-state index in [1.807, 2.05) is 30.3 Å². The third-order valence-corrected chi connectivity index (χ3v) is 4.57. The quantitative estimate of drug-likeness (QED) is 0.421. The van der Waals surface area contributed by atoms with Crippen LogP contribution in [-0.2, 0) is 19.1 Å². The van der Waals surface area contributed by atoms with E-state index in [1.165, 1.54) is 0 Å². The monoisotopic (exact) mass is 389 g/mol. The van der Waals surface area contributed by atoms with Gasteiger partial charge in [0.1, 0.15) is 4.88 Å². The number of carbonyl (C=O) groups excluding carboxylic acids is 2. The van der Waals surface area contributed by atoms with Gasteiger partial charge in [-0.2, -0.15) is 0 Å². The summed E-state index contributed by atoms with van der Waals surface area (Å²) in [5.74, 6) is -4.09. The largest absolute Gasteiger partial charge is 0.477 e. The van der Waals surface area contributed by atoms with Gasteiger partial charge >= 0.3 is 17.9 Å². The van der Waals surface area contributed by atoms with E-state index < -0.39 is 23.8 Å². The van der Waals surface area contributed by atoms with Crippen LogP contribution in [0.1, 0.15) is 23.5 Å². The van der Waals surface area contributed by atoms with Crippen molar-refractivity contribution in [1.82, 2.24) is 0 Å². The van der Waals surface area contributed by atoms with Crippen LogP contribution in [0.4, 0.5) is 5.69 Å². The first-order valence-corrected chi connectivity index (χ1v) is 9.09. The van der Waals surface area contributed by atoms with E-state index >= 15 is 0 Å². The second kappa shape index (κ2) is 9.63. The van der Waals surface area contributed by atoms with Crippen LogP contribution < -0.4 is 0 Å². The van der Waals surface area contributed by atoms with Gasteiger partial charge in [0.25, 0.3) is 0 Å². The molecule has 2 rings (SSSR count). The molecule has 0 aliphatic heterocycles. The predicted octanol–water partition coefficient (Wildman–Crippen LogP) is 3.56. The number of nitrogens with zero attached hydrogens (tertiary/aromatic N) is 1. The summed E-state index contributed by atoms with van der Waals surface area (Å²) in [5.41, 5.74) is 1.00. The standard InChI is InChI=1S/C19H19NO6S/c1-3-25-18(23)13(19(24)26-4-2)11-20-14-10-15(27-16(14)17(21)22)12-8-6-5-7-9-12/h5-11,13H,3-4H2,1-2H3,(H,21,22). The summed E-state index contributed by atoms with van der Waals surface area (Å²) >= 11 is 1.06. The number of rotatable bonds is 8. The first-order chi connectivity index (χ1) is 13.0. The molecular formula is C19H19NO6S. The van der Waals surface area contributed by atoms with Crippen LogP contribution in [0.2, 0.25) is 0 Å². The Bertz CT molecular complexity index is 825. The summed E-state index contributed by atoms with van der Waals surface area (Å²) in [6.45, 7) is 3.43. The maximum atomic E-state index is 12.0. The summed E-state index contributed by atoms with van der Waals surface area (Å²) in [5, 5.41) is 9.43. The zero-order chi connectivity index (χ0) is 19.8. The molecule has 0 spiro atoms. The lowest BCUT2D eigenvalue weighted by Gasteiger charge is -2.09. The minimum Gasteiger partial charge on any atom is -0.477 e. The van der Waals surface area contributed by atoms with E-state index in [9.17, 15) is 19.5 Å². The molecule has 8 heteroatoms. The molecule has 1 aromatic carbocycles. The number of hydrogen-bond acceptors (Lipinski definition) is 7. The van der Waals surface area contributed by atoms with Crippen molar-refractivity contribution >= 4 is 41.1 Å². The second-order valence-corrected chi connectivity index (χ2v) is 6.31. The van der Waals surface area contributed by atoms with Crippen molar-refractivity contribution < 1.29 is 29.0 Å². The number of hydrogen-bond donors (Lipinski definition) is 1. The SMILES string of the molecule is CCOC(=O)C(C=Nc1cc(-c2ccccc2)sc1C(=O)O)C(=O)OCC. The van der Waals surface area contributed by atoms with Crippen LogP contribution >= 0.6 is 11.3 Å². The molecule has 0 amide bonds. The van der Waals surface area contributed by atoms with E-state index in [2.05, 4.69) is 4.99 Å². The zero-order valence-corrected chi connectivity index (χ0v) is 15.7. The van der Waals surface area contributed by atoms with Gasteiger partial charge in [0.05, 0.1) is 18.9 Å². The molecule has 0 radical (unpaired) electrons. The lowest BCUT2D eigenvalue weighted by Crippen LogP contribution is -2.29. The van der Waals surface area contributed by atoms with Crippen molar-refractivity contribution in [3.8, 4) is 10.4 Å². The number of aliphatic imine (C=N–C) groups is 1. The van der Waals surface area contributed by atoms with Crippen LogP contribution in [0.5, 0.6) is 0 Å². The highest BCUT2D eigenvalue weighted by Gasteiger charge is 2.28. The highest BCUT2D eigenvalue weighted by molar-refractivity contribution is 7.17.